The van der Waals surface area contributed by atoms with E-state index in [2.05, 4.69) is 21.2 Å². The lowest BCUT2D eigenvalue weighted by Crippen LogP contribution is -2.52. The number of carbonyl (C=O) groups is 1. The quantitative estimate of drug-likeness (QED) is 0.685. The van der Waals surface area contributed by atoms with E-state index >= 15 is 0 Å². The van der Waals surface area contributed by atoms with Crippen molar-refractivity contribution < 1.29 is 9.53 Å². The summed E-state index contributed by atoms with van der Waals surface area (Å²) in [5, 5.41) is 3.45. The van der Waals surface area contributed by atoms with Gasteiger partial charge in [0.1, 0.15) is 6.10 Å². The summed E-state index contributed by atoms with van der Waals surface area (Å²) in [6, 6.07) is 0. The normalized spacial score (nSPS) is 29.0. The molecule has 1 aliphatic heterocycles. The molecule has 0 aromatic heterocycles. The van der Waals surface area contributed by atoms with Gasteiger partial charge in [0, 0.05) is 17.3 Å². The summed E-state index contributed by atoms with van der Waals surface area (Å²) in [7, 11) is 0. The van der Waals surface area contributed by atoms with Gasteiger partial charge < -0.3 is 10.1 Å². The van der Waals surface area contributed by atoms with Crippen LogP contribution in [0.1, 0.15) is 20.3 Å². The standard InChI is InChI=1S/C7H12BrNO2/c1-7(2)3-5(4-8)11-6(10)9-7/h5H,3-4H2,1-2H3,(H,9,10). The number of cyclic esters (lactones) is 1. The van der Waals surface area contributed by atoms with Crippen LogP contribution < -0.4 is 5.32 Å². The number of rotatable bonds is 1. The number of hydrogen-bond donors (Lipinski definition) is 1. The molecular weight excluding hydrogens is 210 g/mol. The third kappa shape index (κ3) is 2.36. The van der Waals surface area contributed by atoms with Gasteiger partial charge in [-0.25, -0.2) is 4.79 Å². The minimum absolute atomic E-state index is 0.0127. The molecule has 1 aliphatic rings. The highest BCUT2D eigenvalue weighted by molar-refractivity contribution is 9.09. The van der Waals surface area contributed by atoms with Gasteiger partial charge >= 0.3 is 6.09 Å². The van der Waals surface area contributed by atoms with Crippen LogP contribution in [0.25, 0.3) is 0 Å². The molecule has 1 saturated heterocycles. The minimum atomic E-state index is -0.314. The van der Waals surface area contributed by atoms with Crippen molar-refractivity contribution in [2.75, 3.05) is 5.33 Å². The Morgan fingerprint density at radius 2 is 2.45 bits per heavy atom. The Kier molecular flexibility index (Phi) is 2.42. The van der Waals surface area contributed by atoms with E-state index in [0.29, 0.717) is 5.33 Å². The molecule has 0 aliphatic carbocycles. The monoisotopic (exact) mass is 221 g/mol. The summed E-state index contributed by atoms with van der Waals surface area (Å²) < 4.78 is 4.97. The van der Waals surface area contributed by atoms with Crippen LogP contribution in [0.4, 0.5) is 4.79 Å². The van der Waals surface area contributed by atoms with Crippen molar-refractivity contribution in [2.45, 2.75) is 31.9 Å². The highest BCUT2D eigenvalue weighted by Gasteiger charge is 2.32. The summed E-state index contributed by atoms with van der Waals surface area (Å²) in [6.45, 7) is 3.98. The van der Waals surface area contributed by atoms with Crippen molar-refractivity contribution in [1.29, 1.82) is 0 Å². The van der Waals surface area contributed by atoms with Crippen molar-refractivity contribution in [1.82, 2.24) is 5.32 Å². The van der Waals surface area contributed by atoms with E-state index < -0.39 is 0 Å². The van der Waals surface area contributed by atoms with Gasteiger partial charge in [0.2, 0.25) is 0 Å². The lowest BCUT2D eigenvalue weighted by Gasteiger charge is -2.34. The fraction of sp³-hybridized carbons (Fsp3) is 0.857. The maximum Gasteiger partial charge on any atom is 0.407 e. The Bertz CT molecular complexity index is 170. The first-order valence-electron chi connectivity index (χ1n) is 3.58. The first-order chi connectivity index (χ1) is 5.03. The Morgan fingerprint density at radius 3 is 2.91 bits per heavy atom. The molecule has 0 aromatic carbocycles. The second-order valence-electron chi connectivity index (χ2n) is 3.39. The number of ether oxygens (including phenoxy) is 1. The molecule has 0 aromatic rings. The second-order valence-corrected chi connectivity index (χ2v) is 4.04. The van der Waals surface area contributed by atoms with Crippen molar-refractivity contribution in [2.24, 2.45) is 0 Å². The molecule has 1 fully saturated rings. The molecule has 1 atom stereocenters. The van der Waals surface area contributed by atoms with E-state index in [1.165, 1.54) is 0 Å². The molecule has 3 nitrogen and oxygen atoms in total. The van der Waals surface area contributed by atoms with Crippen molar-refractivity contribution in [3.05, 3.63) is 0 Å². The topological polar surface area (TPSA) is 38.3 Å². The lowest BCUT2D eigenvalue weighted by atomic mass is 9.96. The Balaban J connectivity index is 2.58. The average molecular weight is 222 g/mol. The van der Waals surface area contributed by atoms with E-state index in [9.17, 15) is 4.79 Å². The lowest BCUT2D eigenvalue weighted by molar-refractivity contribution is 0.0535. The molecule has 0 spiro atoms. The van der Waals surface area contributed by atoms with Gasteiger partial charge in [0.15, 0.2) is 0 Å². The number of nitrogens with one attached hydrogen (secondary N) is 1. The largest absolute Gasteiger partial charge is 0.445 e. The van der Waals surface area contributed by atoms with Gasteiger partial charge in [0.05, 0.1) is 0 Å². The van der Waals surface area contributed by atoms with Crippen LogP contribution in [0.5, 0.6) is 0 Å². The molecule has 11 heavy (non-hydrogen) atoms. The average Bonchev–Trinajstić information content (AvgIpc) is 1.83. The zero-order chi connectivity index (χ0) is 8.48. The molecule has 4 heteroatoms. The molecule has 0 saturated carbocycles. The highest BCUT2D eigenvalue weighted by Crippen LogP contribution is 2.20. The molecule has 1 unspecified atom stereocenters. The first kappa shape index (κ1) is 8.84. The molecular formula is C7H12BrNO2. The summed E-state index contributed by atoms with van der Waals surface area (Å²) >= 11 is 3.29. The third-order valence-corrected chi connectivity index (χ3v) is 2.35. The van der Waals surface area contributed by atoms with Gasteiger partial charge in [-0.1, -0.05) is 15.9 Å². The van der Waals surface area contributed by atoms with Crippen LogP contribution >= 0.6 is 15.9 Å². The van der Waals surface area contributed by atoms with Crippen molar-refractivity contribution >= 4 is 22.0 Å². The summed E-state index contributed by atoms with van der Waals surface area (Å²) in [4.78, 5) is 10.9. The molecule has 1 rings (SSSR count). The van der Waals surface area contributed by atoms with Gasteiger partial charge in [0.25, 0.3) is 0 Å². The van der Waals surface area contributed by atoms with E-state index in [0.717, 1.165) is 6.42 Å². The number of carbonyl (C=O) groups excluding carboxylic acids is 1. The SMILES string of the molecule is CC1(C)CC(CBr)OC(=O)N1. The predicted octanol–water partition coefficient (Wildman–Crippen LogP) is 1.66. The van der Waals surface area contributed by atoms with Crippen LogP contribution in [0, 0.1) is 0 Å². The zero-order valence-electron chi connectivity index (χ0n) is 6.69. The highest BCUT2D eigenvalue weighted by atomic mass is 79.9. The number of alkyl carbamates (subject to hydrolysis) is 1. The van der Waals surface area contributed by atoms with Crippen LogP contribution in [0.3, 0.4) is 0 Å². The molecule has 1 amide bonds. The Morgan fingerprint density at radius 1 is 1.82 bits per heavy atom. The van der Waals surface area contributed by atoms with Crippen molar-refractivity contribution in [3.63, 3.8) is 0 Å². The van der Waals surface area contributed by atoms with Gasteiger partial charge in [-0.15, -0.1) is 0 Å². The number of hydrogen-bond acceptors (Lipinski definition) is 2. The number of alkyl halides is 1. The van der Waals surface area contributed by atoms with Crippen LogP contribution in [0.2, 0.25) is 0 Å². The van der Waals surface area contributed by atoms with Gasteiger partial charge in [-0.2, -0.15) is 0 Å². The zero-order valence-corrected chi connectivity index (χ0v) is 8.27. The van der Waals surface area contributed by atoms with E-state index in [1.807, 2.05) is 13.8 Å². The minimum Gasteiger partial charge on any atom is -0.445 e. The number of amides is 1. The van der Waals surface area contributed by atoms with Crippen LogP contribution in [-0.4, -0.2) is 23.1 Å². The summed E-state index contributed by atoms with van der Waals surface area (Å²) in [6.07, 6.45) is 0.550. The smallest absolute Gasteiger partial charge is 0.407 e. The molecule has 0 radical (unpaired) electrons. The predicted molar refractivity (Wildman–Crippen MR) is 45.9 cm³/mol. The van der Waals surface area contributed by atoms with Gasteiger partial charge in [-0.3, -0.25) is 0 Å². The fourth-order valence-corrected chi connectivity index (χ4v) is 1.57. The maximum atomic E-state index is 10.9. The molecule has 0 bridgehead atoms. The molecule has 1 heterocycles. The summed E-state index contributed by atoms with van der Waals surface area (Å²) in [5.74, 6) is 0. The number of halogens is 1. The van der Waals surface area contributed by atoms with E-state index in [-0.39, 0.29) is 17.7 Å². The van der Waals surface area contributed by atoms with E-state index in [4.69, 9.17) is 4.74 Å². The first-order valence-corrected chi connectivity index (χ1v) is 4.70. The Labute approximate surface area is 74.6 Å². The Hall–Kier alpha value is -0.250. The van der Waals surface area contributed by atoms with E-state index in [1.54, 1.807) is 0 Å². The fourth-order valence-electron chi connectivity index (χ4n) is 1.21. The van der Waals surface area contributed by atoms with Crippen molar-refractivity contribution in [3.8, 4) is 0 Å². The summed E-state index contributed by atoms with van der Waals surface area (Å²) in [5.41, 5.74) is -0.131. The van der Waals surface area contributed by atoms with Gasteiger partial charge in [-0.05, 0) is 13.8 Å². The molecule has 64 valence electrons. The van der Waals surface area contributed by atoms with Crippen LogP contribution in [0.15, 0.2) is 0 Å². The third-order valence-electron chi connectivity index (χ3n) is 1.62. The molecule has 1 N–H and O–H groups in total. The second kappa shape index (κ2) is 3.01. The maximum absolute atomic E-state index is 10.9. The van der Waals surface area contributed by atoms with Crippen LogP contribution in [-0.2, 0) is 4.74 Å².